The van der Waals surface area contributed by atoms with E-state index in [9.17, 15) is 18.4 Å². The second-order valence-corrected chi connectivity index (χ2v) is 7.18. The van der Waals surface area contributed by atoms with Crippen LogP contribution in [0.15, 0.2) is 24.3 Å². The van der Waals surface area contributed by atoms with Crippen LogP contribution in [0.2, 0.25) is 0 Å². The van der Waals surface area contributed by atoms with Gasteiger partial charge in [-0.3, -0.25) is 9.59 Å². The summed E-state index contributed by atoms with van der Waals surface area (Å²) in [7, 11) is 0. The van der Waals surface area contributed by atoms with E-state index >= 15 is 0 Å². The van der Waals surface area contributed by atoms with Crippen molar-refractivity contribution in [3.63, 3.8) is 0 Å². The number of ether oxygens (including phenoxy) is 1. The summed E-state index contributed by atoms with van der Waals surface area (Å²) in [5, 5.41) is 2.84. The zero-order valence-electron chi connectivity index (χ0n) is 15.5. The zero-order chi connectivity index (χ0) is 19.4. The summed E-state index contributed by atoms with van der Waals surface area (Å²) < 4.78 is 28.8. The number of hydrogen-bond acceptors (Lipinski definition) is 4. The number of hydrogen-bond donors (Lipinski definition) is 2. The first-order valence-corrected chi connectivity index (χ1v) is 9.35. The third kappa shape index (κ3) is 5.54. The second-order valence-electron chi connectivity index (χ2n) is 7.18. The maximum atomic E-state index is 12.8. The van der Waals surface area contributed by atoms with Crippen molar-refractivity contribution in [2.45, 2.75) is 57.2 Å². The number of nitrogens with two attached hydrogens (primary N) is 1. The molecule has 0 radical (unpaired) electrons. The number of anilines is 1. The van der Waals surface area contributed by atoms with Crippen molar-refractivity contribution in [2.75, 3.05) is 11.4 Å². The van der Waals surface area contributed by atoms with Gasteiger partial charge >= 0.3 is 6.61 Å². The van der Waals surface area contributed by atoms with Gasteiger partial charge in [0.15, 0.2) is 0 Å². The molecule has 3 rings (SSSR count). The predicted molar refractivity (Wildman–Crippen MR) is 104 cm³/mol. The third-order valence-corrected chi connectivity index (χ3v) is 5.31. The molecular formula is C19H26ClF2N3O3. The molecule has 1 aliphatic carbocycles. The number of rotatable bonds is 6. The maximum absolute atomic E-state index is 12.8. The zero-order valence-corrected chi connectivity index (χ0v) is 16.3. The Hall–Kier alpha value is -1.93. The van der Waals surface area contributed by atoms with Gasteiger partial charge in [-0.25, -0.2) is 0 Å². The summed E-state index contributed by atoms with van der Waals surface area (Å²) in [6, 6.07) is 5.43. The van der Waals surface area contributed by atoms with E-state index < -0.39 is 12.7 Å². The fourth-order valence-corrected chi connectivity index (χ4v) is 3.88. The molecule has 6 nitrogen and oxygen atoms in total. The van der Waals surface area contributed by atoms with Crippen LogP contribution in [0.4, 0.5) is 14.5 Å². The molecular weight excluding hydrogens is 392 g/mol. The largest absolute Gasteiger partial charge is 0.435 e. The number of benzene rings is 1. The van der Waals surface area contributed by atoms with Crippen LogP contribution in [0.3, 0.4) is 0 Å². The van der Waals surface area contributed by atoms with Crippen LogP contribution in [0.5, 0.6) is 5.75 Å². The highest BCUT2D eigenvalue weighted by Crippen LogP contribution is 2.27. The van der Waals surface area contributed by atoms with Crippen LogP contribution in [0, 0.1) is 5.92 Å². The van der Waals surface area contributed by atoms with Crippen LogP contribution in [0.25, 0.3) is 0 Å². The molecule has 0 aromatic heterocycles. The molecule has 2 fully saturated rings. The van der Waals surface area contributed by atoms with Crippen molar-refractivity contribution in [2.24, 2.45) is 11.7 Å². The predicted octanol–water partition coefficient (Wildman–Crippen LogP) is 2.84. The topological polar surface area (TPSA) is 84.7 Å². The van der Waals surface area contributed by atoms with E-state index in [1.54, 1.807) is 17.0 Å². The Morgan fingerprint density at radius 1 is 1.21 bits per heavy atom. The number of nitrogens with zero attached hydrogens (tertiary/aromatic N) is 1. The van der Waals surface area contributed by atoms with E-state index in [0.717, 1.165) is 25.7 Å². The number of nitrogens with one attached hydrogen (secondary N) is 1. The summed E-state index contributed by atoms with van der Waals surface area (Å²) in [6.07, 6.45) is 4.62. The van der Waals surface area contributed by atoms with E-state index in [4.69, 9.17) is 5.73 Å². The number of carbonyl (C=O) groups is 2. The van der Waals surface area contributed by atoms with Crippen molar-refractivity contribution < 1.29 is 23.1 Å². The standard InChI is InChI=1S/C19H25F2N3O3.ClH/c20-19(21)27-14-8-6-13(7-9-14)24-10-2-5-16(18(24)26)23-17(25)11-12-3-1-4-15(12)22;/h6-9,12,15-16,19H,1-5,10-11,22H2,(H,23,25);1H/t12-,15+,16?;/m0./s1. The molecule has 1 unspecified atom stereocenters. The van der Waals surface area contributed by atoms with Crippen molar-refractivity contribution in [1.29, 1.82) is 0 Å². The molecule has 28 heavy (non-hydrogen) atoms. The van der Waals surface area contributed by atoms with Gasteiger partial charge in [0.1, 0.15) is 11.8 Å². The molecule has 156 valence electrons. The van der Waals surface area contributed by atoms with Crippen LogP contribution in [-0.2, 0) is 9.59 Å². The second kappa shape index (κ2) is 10.0. The molecule has 1 aliphatic heterocycles. The number of alkyl halides is 2. The Balaban J connectivity index is 0.00000280. The summed E-state index contributed by atoms with van der Waals surface area (Å²) in [5.41, 5.74) is 6.61. The Bertz CT molecular complexity index is 675. The smallest absolute Gasteiger partial charge is 0.387 e. The first-order valence-electron chi connectivity index (χ1n) is 9.35. The Morgan fingerprint density at radius 3 is 2.54 bits per heavy atom. The van der Waals surface area contributed by atoms with Gasteiger partial charge in [-0.2, -0.15) is 8.78 Å². The third-order valence-electron chi connectivity index (χ3n) is 5.31. The fourth-order valence-electron chi connectivity index (χ4n) is 3.88. The molecule has 1 aromatic rings. The normalized spacial score (nSPS) is 24.8. The molecule has 1 heterocycles. The van der Waals surface area contributed by atoms with Gasteiger partial charge in [0.2, 0.25) is 11.8 Å². The van der Waals surface area contributed by atoms with Crippen molar-refractivity contribution in [3.8, 4) is 5.75 Å². The summed E-state index contributed by atoms with van der Waals surface area (Å²) >= 11 is 0. The fraction of sp³-hybridized carbons (Fsp3) is 0.579. The maximum Gasteiger partial charge on any atom is 0.387 e. The van der Waals surface area contributed by atoms with Gasteiger partial charge < -0.3 is 20.7 Å². The van der Waals surface area contributed by atoms with Crippen molar-refractivity contribution in [1.82, 2.24) is 5.32 Å². The first-order chi connectivity index (χ1) is 12.9. The lowest BCUT2D eigenvalue weighted by Crippen LogP contribution is -2.52. The van der Waals surface area contributed by atoms with Gasteiger partial charge in [-0.1, -0.05) is 6.42 Å². The quantitative estimate of drug-likeness (QED) is 0.745. The minimum Gasteiger partial charge on any atom is -0.435 e. The minimum absolute atomic E-state index is 0. The molecule has 0 spiro atoms. The van der Waals surface area contributed by atoms with E-state index in [1.807, 2.05) is 0 Å². The lowest BCUT2D eigenvalue weighted by atomic mass is 9.98. The highest BCUT2D eigenvalue weighted by Gasteiger charge is 2.32. The van der Waals surface area contributed by atoms with Crippen LogP contribution in [-0.4, -0.2) is 37.1 Å². The van der Waals surface area contributed by atoms with E-state index in [2.05, 4.69) is 10.1 Å². The summed E-state index contributed by atoms with van der Waals surface area (Å²) in [6.45, 7) is -2.37. The van der Waals surface area contributed by atoms with Crippen LogP contribution < -0.4 is 20.7 Å². The molecule has 1 aromatic carbocycles. The summed E-state index contributed by atoms with van der Waals surface area (Å²) in [5.74, 6) is -0.107. The number of carbonyl (C=O) groups excluding carboxylic acids is 2. The molecule has 3 N–H and O–H groups in total. The van der Waals surface area contributed by atoms with Gasteiger partial charge in [-0.05, 0) is 55.9 Å². The van der Waals surface area contributed by atoms with Gasteiger partial charge in [0, 0.05) is 24.7 Å². The molecule has 2 amide bonds. The Kier molecular flexibility index (Phi) is 8.00. The van der Waals surface area contributed by atoms with Crippen LogP contribution >= 0.6 is 12.4 Å². The van der Waals surface area contributed by atoms with Gasteiger partial charge in [0.25, 0.3) is 0 Å². The number of piperidine rings is 1. The molecule has 2 aliphatic rings. The van der Waals surface area contributed by atoms with E-state index in [-0.39, 0.29) is 41.9 Å². The molecule has 3 atom stereocenters. The lowest BCUT2D eigenvalue weighted by Gasteiger charge is -2.33. The molecule has 9 heteroatoms. The Labute approximate surface area is 169 Å². The summed E-state index contributed by atoms with van der Waals surface area (Å²) in [4.78, 5) is 26.7. The lowest BCUT2D eigenvalue weighted by molar-refractivity contribution is -0.129. The average molecular weight is 418 g/mol. The van der Waals surface area contributed by atoms with Crippen LogP contribution in [0.1, 0.15) is 38.5 Å². The SMILES string of the molecule is Cl.N[C@@H]1CCC[C@H]1CC(=O)NC1CCCN(c2ccc(OC(F)F)cc2)C1=O. The molecule has 1 saturated heterocycles. The van der Waals surface area contributed by atoms with E-state index in [0.29, 0.717) is 25.1 Å². The number of halogens is 3. The van der Waals surface area contributed by atoms with E-state index in [1.165, 1.54) is 12.1 Å². The Morgan fingerprint density at radius 2 is 1.93 bits per heavy atom. The average Bonchev–Trinajstić information content (AvgIpc) is 3.02. The minimum atomic E-state index is -2.89. The molecule has 1 saturated carbocycles. The van der Waals surface area contributed by atoms with Gasteiger partial charge in [0.05, 0.1) is 0 Å². The van der Waals surface area contributed by atoms with Crippen molar-refractivity contribution >= 4 is 29.9 Å². The highest BCUT2D eigenvalue weighted by molar-refractivity contribution is 5.99. The highest BCUT2D eigenvalue weighted by atomic mass is 35.5. The van der Waals surface area contributed by atoms with Crippen molar-refractivity contribution in [3.05, 3.63) is 24.3 Å². The first kappa shape index (κ1) is 22.4. The molecule has 0 bridgehead atoms. The van der Waals surface area contributed by atoms with Gasteiger partial charge in [-0.15, -0.1) is 12.4 Å². The monoisotopic (exact) mass is 417 g/mol. The number of amides is 2.